The van der Waals surface area contributed by atoms with Crippen molar-refractivity contribution in [3.8, 4) is 0 Å². The summed E-state index contributed by atoms with van der Waals surface area (Å²) in [4.78, 5) is 0. The Kier molecular flexibility index (Phi) is 3.13. The number of ether oxygens (including phenoxy) is 1. The average molecular weight is 176 g/mol. The molecule has 0 unspecified atom stereocenters. The van der Waals surface area contributed by atoms with Gasteiger partial charge in [0.2, 0.25) is 0 Å². The van der Waals surface area contributed by atoms with Crippen molar-refractivity contribution in [2.24, 2.45) is 0 Å². The van der Waals surface area contributed by atoms with E-state index in [4.69, 9.17) is 4.74 Å². The summed E-state index contributed by atoms with van der Waals surface area (Å²) < 4.78 is 5.45. The van der Waals surface area contributed by atoms with E-state index in [0.29, 0.717) is 0 Å². The minimum Gasteiger partial charge on any atom is -0.496 e. The Labute approximate surface area is 80.0 Å². The highest BCUT2D eigenvalue weighted by Gasteiger charge is 2.06. The predicted octanol–water partition coefficient (Wildman–Crippen LogP) is 3.47. The molecule has 0 radical (unpaired) electrons. The smallest absolute Gasteiger partial charge is 0.0998 e. The summed E-state index contributed by atoms with van der Waals surface area (Å²) in [7, 11) is 0. The Bertz CT molecular complexity index is 267. The van der Waals surface area contributed by atoms with Crippen LogP contribution in [0.25, 0.3) is 6.08 Å². The van der Waals surface area contributed by atoms with Gasteiger partial charge < -0.3 is 4.74 Å². The molecule has 0 N–H and O–H groups in total. The van der Waals surface area contributed by atoms with Gasteiger partial charge >= 0.3 is 0 Å². The van der Waals surface area contributed by atoms with E-state index in [1.807, 2.05) is 57.2 Å². The first-order chi connectivity index (χ1) is 6.08. The predicted molar refractivity (Wildman–Crippen MR) is 56.3 cm³/mol. The number of benzene rings is 1. The largest absolute Gasteiger partial charge is 0.496 e. The van der Waals surface area contributed by atoms with Gasteiger partial charge in [-0.1, -0.05) is 30.3 Å². The Hall–Kier alpha value is -1.24. The van der Waals surface area contributed by atoms with Crippen LogP contribution in [-0.2, 0) is 4.74 Å². The average Bonchev–Trinajstić information content (AvgIpc) is 2.04. The van der Waals surface area contributed by atoms with Crippen molar-refractivity contribution in [2.45, 2.75) is 26.4 Å². The van der Waals surface area contributed by atoms with E-state index in [9.17, 15) is 0 Å². The van der Waals surface area contributed by atoms with Crippen LogP contribution in [0.3, 0.4) is 0 Å². The van der Waals surface area contributed by atoms with Gasteiger partial charge in [-0.2, -0.15) is 0 Å². The Morgan fingerprint density at radius 1 is 1.08 bits per heavy atom. The van der Waals surface area contributed by atoms with Gasteiger partial charge in [0.15, 0.2) is 0 Å². The molecule has 1 heteroatoms. The van der Waals surface area contributed by atoms with Crippen LogP contribution >= 0.6 is 0 Å². The van der Waals surface area contributed by atoms with Crippen LogP contribution in [0.1, 0.15) is 26.3 Å². The molecule has 0 atom stereocenters. The van der Waals surface area contributed by atoms with Crippen LogP contribution < -0.4 is 0 Å². The maximum atomic E-state index is 5.45. The zero-order chi connectivity index (χ0) is 9.73. The van der Waals surface area contributed by atoms with Gasteiger partial charge in [0.05, 0.1) is 11.9 Å². The molecule has 0 fully saturated rings. The Morgan fingerprint density at radius 2 is 1.69 bits per heavy atom. The first kappa shape index (κ1) is 9.85. The highest BCUT2D eigenvalue weighted by Crippen LogP contribution is 2.09. The van der Waals surface area contributed by atoms with Gasteiger partial charge in [0.1, 0.15) is 0 Å². The SMILES string of the molecule is CC(C)(C)OC=Cc1ccccc1. The van der Waals surface area contributed by atoms with E-state index in [-0.39, 0.29) is 5.60 Å². The zero-order valence-electron chi connectivity index (χ0n) is 8.45. The first-order valence-electron chi connectivity index (χ1n) is 4.47. The molecule has 1 nitrogen and oxygen atoms in total. The maximum absolute atomic E-state index is 5.45. The topological polar surface area (TPSA) is 9.23 Å². The summed E-state index contributed by atoms with van der Waals surface area (Å²) in [5.41, 5.74) is 1.05. The van der Waals surface area contributed by atoms with Crippen molar-refractivity contribution in [3.63, 3.8) is 0 Å². The van der Waals surface area contributed by atoms with E-state index in [1.165, 1.54) is 0 Å². The molecule has 0 bridgehead atoms. The fourth-order valence-corrected chi connectivity index (χ4v) is 0.881. The lowest BCUT2D eigenvalue weighted by molar-refractivity contribution is 0.0783. The lowest BCUT2D eigenvalue weighted by atomic mass is 10.2. The third-order valence-electron chi connectivity index (χ3n) is 1.48. The standard InChI is InChI=1S/C12H16O/c1-12(2,3)13-10-9-11-7-5-4-6-8-11/h4-10H,1-3H3. The highest BCUT2D eigenvalue weighted by molar-refractivity contribution is 5.47. The molecule has 0 aliphatic carbocycles. The van der Waals surface area contributed by atoms with Crippen LogP contribution in [0.5, 0.6) is 0 Å². The normalized spacial score (nSPS) is 11.9. The summed E-state index contributed by atoms with van der Waals surface area (Å²) >= 11 is 0. The molecule has 13 heavy (non-hydrogen) atoms. The molecule has 0 aliphatic rings. The summed E-state index contributed by atoms with van der Waals surface area (Å²) in [6, 6.07) is 10.1. The lowest BCUT2D eigenvalue weighted by Crippen LogP contribution is -2.15. The molecule has 0 aromatic heterocycles. The van der Waals surface area contributed by atoms with Crippen LogP contribution in [0.4, 0.5) is 0 Å². The molecular formula is C12H16O. The fourth-order valence-electron chi connectivity index (χ4n) is 0.881. The van der Waals surface area contributed by atoms with Crippen LogP contribution in [0.15, 0.2) is 36.6 Å². The fraction of sp³-hybridized carbons (Fsp3) is 0.333. The van der Waals surface area contributed by atoms with Gasteiger partial charge in [0.25, 0.3) is 0 Å². The second-order valence-corrected chi connectivity index (χ2v) is 3.94. The van der Waals surface area contributed by atoms with E-state index < -0.39 is 0 Å². The molecule has 0 heterocycles. The second-order valence-electron chi connectivity index (χ2n) is 3.94. The molecule has 0 saturated carbocycles. The van der Waals surface area contributed by atoms with Crippen molar-refractivity contribution in [3.05, 3.63) is 42.2 Å². The molecule has 1 rings (SSSR count). The number of rotatable bonds is 2. The Morgan fingerprint density at radius 3 is 2.23 bits per heavy atom. The summed E-state index contributed by atoms with van der Waals surface area (Å²) in [6.45, 7) is 6.09. The lowest BCUT2D eigenvalue weighted by Gasteiger charge is -2.17. The van der Waals surface area contributed by atoms with Gasteiger partial charge in [0, 0.05) is 0 Å². The van der Waals surface area contributed by atoms with Crippen LogP contribution in [0, 0.1) is 0 Å². The molecule has 1 aromatic carbocycles. The third-order valence-corrected chi connectivity index (χ3v) is 1.48. The van der Waals surface area contributed by atoms with E-state index in [1.54, 1.807) is 6.26 Å². The molecule has 0 saturated heterocycles. The first-order valence-corrected chi connectivity index (χ1v) is 4.47. The molecule has 1 aromatic rings. The third kappa shape index (κ3) is 4.36. The minimum absolute atomic E-state index is 0.106. The van der Waals surface area contributed by atoms with Gasteiger partial charge in [-0.05, 0) is 32.4 Å². The van der Waals surface area contributed by atoms with Gasteiger partial charge in [-0.3, -0.25) is 0 Å². The zero-order valence-corrected chi connectivity index (χ0v) is 8.45. The molecule has 0 amide bonds. The minimum atomic E-state index is -0.106. The quantitative estimate of drug-likeness (QED) is 0.627. The Balaban J connectivity index is 2.51. The molecule has 0 spiro atoms. The monoisotopic (exact) mass is 176 g/mol. The molecular weight excluding hydrogens is 160 g/mol. The maximum Gasteiger partial charge on any atom is 0.0998 e. The van der Waals surface area contributed by atoms with E-state index in [2.05, 4.69) is 0 Å². The number of hydrogen-bond donors (Lipinski definition) is 0. The summed E-state index contributed by atoms with van der Waals surface area (Å²) in [6.07, 6.45) is 3.71. The van der Waals surface area contributed by atoms with Crippen molar-refractivity contribution in [1.29, 1.82) is 0 Å². The van der Waals surface area contributed by atoms with Gasteiger partial charge in [-0.25, -0.2) is 0 Å². The van der Waals surface area contributed by atoms with Gasteiger partial charge in [-0.15, -0.1) is 0 Å². The number of hydrogen-bond acceptors (Lipinski definition) is 1. The van der Waals surface area contributed by atoms with Crippen molar-refractivity contribution >= 4 is 6.08 Å². The van der Waals surface area contributed by atoms with E-state index >= 15 is 0 Å². The second kappa shape index (κ2) is 4.13. The van der Waals surface area contributed by atoms with E-state index in [0.717, 1.165) is 5.56 Å². The highest BCUT2D eigenvalue weighted by atomic mass is 16.5. The van der Waals surface area contributed by atoms with Crippen LogP contribution in [-0.4, -0.2) is 5.60 Å². The summed E-state index contributed by atoms with van der Waals surface area (Å²) in [5.74, 6) is 0. The van der Waals surface area contributed by atoms with Crippen molar-refractivity contribution in [1.82, 2.24) is 0 Å². The van der Waals surface area contributed by atoms with Crippen LogP contribution in [0.2, 0.25) is 0 Å². The van der Waals surface area contributed by atoms with Crippen molar-refractivity contribution in [2.75, 3.05) is 0 Å². The molecule has 70 valence electrons. The van der Waals surface area contributed by atoms with Crippen molar-refractivity contribution < 1.29 is 4.74 Å². The molecule has 0 aliphatic heterocycles. The summed E-state index contributed by atoms with van der Waals surface area (Å²) in [5, 5.41) is 0.